The molecule has 0 aromatic heterocycles. The lowest BCUT2D eigenvalue weighted by Crippen LogP contribution is -2.53. The maximum absolute atomic E-state index is 12.4. The number of nitrogens with one attached hydrogen (secondary N) is 1. The Balaban J connectivity index is 2.22. The summed E-state index contributed by atoms with van der Waals surface area (Å²) in [7, 11) is -3.29. The van der Waals surface area contributed by atoms with Gasteiger partial charge in [0.25, 0.3) is 0 Å². The van der Waals surface area contributed by atoms with E-state index in [1.165, 1.54) is 12.1 Å². The van der Waals surface area contributed by atoms with Crippen LogP contribution >= 0.6 is 0 Å². The van der Waals surface area contributed by atoms with Crippen molar-refractivity contribution in [1.82, 2.24) is 0 Å². The smallest absolute Gasteiger partial charge is 0.187 e. The van der Waals surface area contributed by atoms with Crippen molar-refractivity contribution in [3.05, 3.63) is 18.2 Å². The van der Waals surface area contributed by atoms with E-state index in [9.17, 15) is 13.5 Å². The average molecular weight is 239 g/mol. The average Bonchev–Trinajstić information content (AvgIpc) is 2.16. The van der Waals surface area contributed by atoms with Gasteiger partial charge in [-0.05, 0) is 25.0 Å². The van der Waals surface area contributed by atoms with E-state index >= 15 is 0 Å². The van der Waals surface area contributed by atoms with Crippen LogP contribution in [0.4, 0.5) is 5.69 Å². The van der Waals surface area contributed by atoms with Gasteiger partial charge in [0.1, 0.15) is 5.75 Å². The molecular formula is C11H13NO3S. The minimum Gasteiger partial charge on any atom is -0.508 e. The van der Waals surface area contributed by atoms with Crippen LogP contribution in [0.25, 0.3) is 0 Å². The number of hydrogen-bond acceptors (Lipinski definition) is 4. The molecule has 0 radical (unpaired) electrons. The number of phenols is 1. The third-order valence-electron chi connectivity index (χ3n) is 3.69. The van der Waals surface area contributed by atoms with E-state index in [2.05, 4.69) is 5.32 Å². The number of fused-ring (bicyclic) bond motifs is 1. The number of rotatable bonds is 0. The fraction of sp³-hybridized carbons (Fsp3) is 0.455. The Morgan fingerprint density at radius 3 is 2.69 bits per heavy atom. The summed E-state index contributed by atoms with van der Waals surface area (Å²) in [4.78, 5) is 0.249. The summed E-state index contributed by atoms with van der Waals surface area (Å²) in [6.07, 6.45) is 2.41. The molecule has 1 aromatic rings. The molecule has 0 bridgehead atoms. The quantitative estimate of drug-likeness (QED) is 0.673. The van der Waals surface area contributed by atoms with Crippen LogP contribution in [-0.4, -0.2) is 24.8 Å². The van der Waals surface area contributed by atoms with Gasteiger partial charge in [-0.25, -0.2) is 8.42 Å². The molecule has 0 saturated heterocycles. The van der Waals surface area contributed by atoms with Crippen molar-refractivity contribution in [2.75, 3.05) is 11.9 Å². The molecule has 1 spiro atoms. The van der Waals surface area contributed by atoms with Crippen molar-refractivity contribution >= 4 is 15.5 Å². The van der Waals surface area contributed by atoms with E-state index < -0.39 is 14.6 Å². The maximum atomic E-state index is 12.4. The van der Waals surface area contributed by atoms with Crippen LogP contribution < -0.4 is 5.32 Å². The highest BCUT2D eigenvalue weighted by molar-refractivity contribution is 7.93. The summed E-state index contributed by atoms with van der Waals surface area (Å²) in [6, 6.07) is 4.46. The molecule has 0 amide bonds. The van der Waals surface area contributed by atoms with Gasteiger partial charge in [-0.3, -0.25) is 0 Å². The van der Waals surface area contributed by atoms with Gasteiger partial charge in [0, 0.05) is 12.6 Å². The van der Waals surface area contributed by atoms with Crippen LogP contribution in [-0.2, 0) is 9.84 Å². The van der Waals surface area contributed by atoms with Gasteiger partial charge in [0.05, 0.1) is 15.3 Å². The van der Waals surface area contributed by atoms with Crippen LogP contribution in [0.5, 0.6) is 5.75 Å². The SMILES string of the molecule is O=S1(=O)c2cc(O)ccc2NCC12CCC2. The van der Waals surface area contributed by atoms with Crippen molar-refractivity contribution in [3.8, 4) is 5.75 Å². The monoisotopic (exact) mass is 239 g/mol. The van der Waals surface area contributed by atoms with E-state index in [-0.39, 0.29) is 10.6 Å². The van der Waals surface area contributed by atoms with Crippen molar-refractivity contribution in [2.45, 2.75) is 28.9 Å². The third kappa shape index (κ3) is 1.06. The van der Waals surface area contributed by atoms with E-state index in [0.29, 0.717) is 12.2 Å². The van der Waals surface area contributed by atoms with Crippen LogP contribution in [0.15, 0.2) is 23.1 Å². The molecule has 16 heavy (non-hydrogen) atoms. The van der Waals surface area contributed by atoms with E-state index in [1.54, 1.807) is 6.07 Å². The van der Waals surface area contributed by atoms with Crippen LogP contribution in [0.3, 0.4) is 0 Å². The number of hydrogen-bond donors (Lipinski definition) is 2. The predicted octanol–water partition coefficient (Wildman–Crippen LogP) is 1.51. The Kier molecular flexibility index (Phi) is 1.81. The molecule has 0 unspecified atom stereocenters. The van der Waals surface area contributed by atoms with Crippen molar-refractivity contribution < 1.29 is 13.5 Å². The molecule has 86 valence electrons. The Labute approximate surface area is 94.2 Å². The molecule has 1 aromatic carbocycles. The molecule has 2 aliphatic rings. The summed E-state index contributed by atoms with van der Waals surface area (Å²) in [5.41, 5.74) is 0.607. The zero-order valence-corrected chi connectivity index (χ0v) is 9.55. The van der Waals surface area contributed by atoms with Gasteiger partial charge in [-0.2, -0.15) is 0 Å². The van der Waals surface area contributed by atoms with Gasteiger partial charge < -0.3 is 10.4 Å². The molecule has 0 atom stereocenters. The van der Waals surface area contributed by atoms with E-state index in [1.807, 2.05) is 0 Å². The summed E-state index contributed by atoms with van der Waals surface area (Å²) >= 11 is 0. The normalized spacial score (nSPS) is 24.2. The fourth-order valence-electron chi connectivity index (χ4n) is 2.48. The zero-order chi connectivity index (χ0) is 11.4. The van der Waals surface area contributed by atoms with Crippen LogP contribution in [0.1, 0.15) is 19.3 Å². The van der Waals surface area contributed by atoms with Gasteiger partial charge in [0.2, 0.25) is 0 Å². The highest BCUT2D eigenvalue weighted by atomic mass is 32.2. The number of anilines is 1. The van der Waals surface area contributed by atoms with Crippen molar-refractivity contribution in [3.63, 3.8) is 0 Å². The highest BCUT2D eigenvalue weighted by Crippen LogP contribution is 2.47. The van der Waals surface area contributed by atoms with E-state index in [0.717, 1.165) is 19.3 Å². The maximum Gasteiger partial charge on any atom is 0.187 e. The Morgan fingerprint density at radius 2 is 2.06 bits per heavy atom. The first-order valence-electron chi connectivity index (χ1n) is 5.37. The van der Waals surface area contributed by atoms with Crippen LogP contribution in [0.2, 0.25) is 0 Å². The second-order valence-corrected chi connectivity index (χ2v) is 6.89. The molecule has 1 aliphatic carbocycles. The second-order valence-electron chi connectivity index (χ2n) is 4.57. The Bertz CT molecular complexity index is 546. The molecule has 1 fully saturated rings. The highest BCUT2D eigenvalue weighted by Gasteiger charge is 2.52. The number of phenolic OH excluding ortho intramolecular Hbond substituents is 1. The first-order chi connectivity index (χ1) is 7.55. The topological polar surface area (TPSA) is 66.4 Å². The number of aromatic hydroxyl groups is 1. The minimum atomic E-state index is -3.29. The molecule has 4 nitrogen and oxygen atoms in total. The third-order valence-corrected chi connectivity index (χ3v) is 6.30. The second kappa shape index (κ2) is 2.91. The fourth-order valence-corrected chi connectivity index (χ4v) is 4.74. The summed E-state index contributed by atoms with van der Waals surface area (Å²) in [5.74, 6) is 0.000462. The molecule has 3 rings (SSSR count). The Morgan fingerprint density at radius 1 is 1.31 bits per heavy atom. The van der Waals surface area contributed by atoms with Gasteiger partial charge in [-0.15, -0.1) is 0 Å². The number of benzene rings is 1. The predicted molar refractivity (Wildman–Crippen MR) is 60.4 cm³/mol. The van der Waals surface area contributed by atoms with Crippen LogP contribution in [0, 0.1) is 0 Å². The largest absolute Gasteiger partial charge is 0.508 e. The molecule has 1 saturated carbocycles. The lowest BCUT2D eigenvalue weighted by Gasteiger charge is -2.44. The Hall–Kier alpha value is -1.23. The number of sulfone groups is 1. The van der Waals surface area contributed by atoms with Gasteiger partial charge in [-0.1, -0.05) is 6.42 Å². The summed E-state index contributed by atoms with van der Waals surface area (Å²) < 4.78 is 24.2. The standard InChI is InChI=1S/C11H13NO3S/c13-8-2-3-9-10(6-8)16(14,15)11(7-12-9)4-1-5-11/h2-3,6,12-13H,1,4-5,7H2. The first-order valence-corrected chi connectivity index (χ1v) is 6.85. The molecule has 1 heterocycles. The molecule has 5 heteroatoms. The van der Waals surface area contributed by atoms with Gasteiger partial charge >= 0.3 is 0 Å². The molecule has 2 N–H and O–H groups in total. The molecular weight excluding hydrogens is 226 g/mol. The summed E-state index contributed by atoms with van der Waals surface area (Å²) in [6.45, 7) is 0.493. The minimum absolute atomic E-state index is 0.000462. The van der Waals surface area contributed by atoms with Gasteiger partial charge in [0.15, 0.2) is 9.84 Å². The van der Waals surface area contributed by atoms with Crippen molar-refractivity contribution in [2.24, 2.45) is 0 Å². The summed E-state index contributed by atoms with van der Waals surface area (Å²) in [5, 5.41) is 12.5. The lowest BCUT2D eigenvalue weighted by molar-refractivity contribution is 0.347. The lowest BCUT2D eigenvalue weighted by atomic mass is 9.84. The van der Waals surface area contributed by atoms with E-state index in [4.69, 9.17) is 0 Å². The zero-order valence-electron chi connectivity index (χ0n) is 8.73. The first kappa shape index (κ1) is 9.96. The molecule has 1 aliphatic heterocycles. The van der Waals surface area contributed by atoms with Crippen molar-refractivity contribution in [1.29, 1.82) is 0 Å².